The minimum Gasteiger partial charge on any atom is -0.192 e. The number of benzene rings is 1. The highest BCUT2D eigenvalue weighted by Gasteiger charge is 2.05. The molecule has 0 N–H and O–H groups in total. The molecule has 1 aromatic carbocycles. The molecule has 102 valence electrons. The maximum atomic E-state index is 8.76. The Kier molecular flexibility index (Phi) is 5.83. The van der Waals surface area contributed by atoms with E-state index in [2.05, 4.69) is 58.0 Å². The molecule has 0 aliphatic heterocycles. The van der Waals surface area contributed by atoms with Crippen LogP contribution in [0.15, 0.2) is 36.4 Å². The van der Waals surface area contributed by atoms with Gasteiger partial charge in [-0.2, -0.15) is 5.26 Å². The molecule has 1 heteroatoms. The van der Waals surface area contributed by atoms with Gasteiger partial charge in [0.15, 0.2) is 0 Å². The van der Waals surface area contributed by atoms with Crippen molar-refractivity contribution in [1.29, 1.82) is 5.26 Å². The summed E-state index contributed by atoms with van der Waals surface area (Å²) >= 11 is 0. The summed E-state index contributed by atoms with van der Waals surface area (Å²) in [5, 5.41) is 8.76. The molecule has 1 unspecified atom stereocenters. The van der Waals surface area contributed by atoms with E-state index < -0.39 is 0 Å². The Labute approximate surface area is 118 Å². The molecule has 0 saturated carbocycles. The summed E-state index contributed by atoms with van der Waals surface area (Å²) in [4.78, 5) is 0. The predicted molar refractivity (Wildman–Crippen MR) is 81.9 cm³/mol. The molecular weight excluding hydrogens is 230 g/mol. The Morgan fingerprint density at radius 3 is 2.37 bits per heavy atom. The van der Waals surface area contributed by atoms with Crippen LogP contribution in [0.2, 0.25) is 0 Å². The highest BCUT2D eigenvalue weighted by Crippen LogP contribution is 2.18. The van der Waals surface area contributed by atoms with E-state index in [1.807, 2.05) is 12.1 Å². The van der Waals surface area contributed by atoms with Crippen molar-refractivity contribution in [2.75, 3.05) is 0 Å². The van der Waals surface area contributed by atoms with Crippen LogP contribution < -0.4 is 0 Å². The monoisotopic (exact) mass is 255 g/mol. The minimum atomic E-state index is 0.288. The molecule has 0 spiro atoms. The van der Waals surface area contributed by atoms with Crippen molar-refractivity contribution in [2.24, 2.45) is 11.3 Å². The maximum absolute atomic E-state index is 8.76. The zero-order valence-corrected chi connectivity index (χ0v) is 12.6. The first-order valence-corrected chi connectivity index (χ1v) is 7.07. The summed E-state index contributed by atoms with van der Waals surface area (Å²) in [7, 11) is 0. The third kappa shape index (κ3) is 6.82. The summed E-state index contributed by atoms with van der Waals surface area (Å²) in [5.74, 6) is 0.678. The fourth-order valence-corrected chi connectivity index (χ4v) is 2.04. The van der Waals surface area contributed by atoms with Crippen molar-refractivity contribution in [3.05, 3.63) is 47.5 Å². The summed E-state index contributed by atoms with van der Waals surface area (Å²) in [6.45, 7) is 8.97. The van der Waals surface area contributed by atoms with Crippen molar-refractivity contribution >= 4 is 0 Å². The zero-order chi connectivity index (χ0) is 14.3. The maximum Gasteiger partial charge on any atom is 0.0991 e. The molecule has 0 saturated heterocycles. The number of rotatable bonds is 5. The third-order valence-electron chi connectivity index (χ3n) is 3.11. The second-order valence-electron chi connectivity index (χ2n) is 6.46. The molecule has 0 heterocycles. The molecule has 0 amide bonds. The van der Waals surface area contributed by atoms with Crippen LogP contribution in [0, 0.1) is 22.7 Å². The molecule has 0 fully saturated rings. The topological polar surface area (TPSA) is 23.8 Å². The first-order chi connectivity index (χ1) is 8.90. The van der Waals surface area contributed by atoms with Crippen molar-refractivity contribution in [2.45, 2.75) is 47.0 Å². The van der Waals surface area contributed by atoms with Crippen LogP contribution in [0.4, 0.5) is 0 Å². The average Bonchev–Trinajstić information content (AvgIpc) is 2.34. The van der Waals surface area contributed by atoms with Crippen LogP contribution in [0.5, 0.6) is 0 Å². The molecule has 0 aliphatic rings. The third-order valence-corrected chi connectivity index (χ3v) is 3.11. The van der Waals surface area contributed by atoms with Crippen molar-refractivity contribution in [3.63, 3.8) is 0 Å². The van der Waals surface area contributed by atoms with Crippen molar-refractivity contribution < 1.29 is 0 Å². The Balaban J connectivity index is 2.37. The van der Waals surface area contributed by atoms with Gasteiger partial charge in [0.25, 0.3) is 0 Å². The fourth-order valence-electron chi connectivity index (χ4n) is 2.04. The zero-order valence-electron chi connectivity index (χ0n) is 12.6. The number of nitriles is 1. The van der Waals surface area contributed by atoms with Gasteiger partial charge >= 0.3 is 0 Å². The predicted octanol–water partition coefficient (Wildman–Crippen LogP) is 5.12. The number of nitrogens with zero attached hydrogens (tertiary/aromatic N) is 1. The molecule has 0 bridgehead atoms. The van der Waals surface area contributed by atoms with E-state index in [0.717, 1.165) is 18.4 Å². The van der Waals surface area contributed by atoms with E-state index in [1.165, 1.54) is 12.0 Å². The minimum absolute atomic E-state index is 0.288. The lowest BCUT2D eigenvalue weighted by molar-refractivity contribution is 0.522. The normalized spacial score (nSPS) is 13.4. The second kappa shape index (κ2) is 7.14. The fraction of sp³-hybridized carbons (Fsp3) is 0.500. The van der Waals surface area contributed by atoms with E-state index >= 15 is 0 Å². The van der Waals surface area contributed by atoms with Gasteiger partial charge in [-0.1, -0.05) is 52.0 Å². The van der Waals surface area contributed by atoms with Crippen LogP contribution in [0.1, 0.15) is 51.7 Å². The highest BCUT2D eigenvalue weighted by atomic mass is 14.2. The summed E-state index contributed by atoms with van der Waals surface area (Å²) in [6, 6.07) is 10.1. The Bertz CT molecular complexity index is 440. The molecule has 1 nitrogen and oxygen atoms in total. The van der Waals surface area contributed by atoms with Crippen LogP contribution in [0.3, 0.4) is 0 Å². The first kappa shape index (κ1) is 15.5. The Morgan fingerprint density at radius 1 is 1.21 bits per heavy atom. The van der Waals surface area contributed by atoms with Crippen molar-refractivity contribution in [3.8, 4) is 6.07 Å². The van der Waals surface area contributed by atoms with Gasteiger partial charge in [-0.15, -0.1) is 0 Å². The van der Waals surface area contributed by atoms with Gasteiger partial charge in [-0.05, 0) is 48.3 Å². The smallest absolute Gasteiger partial charge is 0.0991 e. The Morgan fingerprint density at radius 2 is 1.84 bits per heavy atom. The van der Waals surface area contributed by atoms with Gasteiger partial charge in [0, 0.05) is 0 Å². The standard InChI is InChI=1S/C18H25N/c1-15(7-5-6-12-18(2,3)4)13-16-8-10-17(14-19)11-9-16/h6,8-12,15H,5,7,13H2,1-4H3/b12-6+. The number of hydrogen-bond donors (Lipinski definition) is 0. The SMILES string of the molecule is CC(CC/C=C/C(C)(C)C)Cc1ccc(C#N)cc1. The van der Waals surface area contributed by atoms with Gasteiger partial charge in [-0.3, -0.25) is 0 Å². The van der Waals surface area contributed by atoms with E-state index in [9.17, 15) is 0 Å². The molecule has 0 aliphatic carbocycles. The largest absolute Gasteiger partial charge is 0.192 e. The number of hydrogen-bond acceptors (Lipinski definition) is 1. The van der Waals surface area contributed by atoms with Gasteiger partial charge in [0.05, 0.1) is 11.6 Å². The number of allylic oxidation sites excluding steroid dienone is 2. The highest BCUT2D eigenvalue weighted by molar-refractivity contribution is 5.31. The molecule has 0 radical (unpaired) electrons. The van der Waals surface area contributed by atoms with Crippen LogP contribution in [-0.4, -0.2) is 0 Å². The van der Waals surface area contributed by atoms with Gasteiger partial charge in [0.2, 0.25) is 0 Å². The summed E-state index contributed by atoms with van der Waals surface area (Å²) < 4.78 is 0. The first-order valence-electron chi connectivity index (χ1n) is 7.07. The van der Waals surface area contributed by atoms with Gasteiger partial charge in [0.1, 0.15) is 0 Å². The van der Waals surface area contributed by atoms with Crippen LogP contribution >= 0.6 is 0 Å². The lowest BCUT2D eigenvalue weighted by atomic mass is 9.93. The second-order valence-corrected chi connectivity index (χ2v) is 6.46. The van der Waals surface area contributed by atoms with E-state index in [1.54, 1.807) is 0 Å². The molecular formula is C18H25N. The van der Waals surface area contributed by atoms with Crippen LogP contribution in [0.25, 0.3) is 0 Å². The van der Waals surface area contributed by atoms with Crippen LogP contribution in [-0.2, 0) is 6.42 Å². The summed E-state index contributed by atoms with van der Waals surface area (Å²) in [6.07, 6.45) is 8.05. The molecule has 1 rings (SSSR count). The quantitative estimate of drug-likeness (QED) is 0.670. The lowest BCUT2D eigenvalue weighted by Gasteiger charge is -2.12. The van der Waals surface area contributed by atoms with Gasteiger partial charge < -0.3 is 0 Å². The lowest BCUT2D eigenvalue weighted by Crippen LogP contribution is -2.01. The molecule has 0 aromatic heterocycles. The Hall–Kier alpha value is -1.55. The average molecular weight is 255 g/mol. The molecule has 19 heavy (non-hydrogen) atoms. The van der Waals surface area contributed by atoms with E-state index in [4.69, 9.17) is 5.26 Å². The van der Waals surface area contributed by atoms with Gasteiger partial charge in [-0.25, -0.2) is 0 Å². The molecule has 1 aromatic rings. The van der Waals surface area contributed by atoms with E-state index in [-0.39, 0.29) is 5.41 Å². The van der Waals surface area contributed by atoms with E-state index in [0.29, 0.717) is 5.92 Å². The molecule has 1 atom stereocenters. The summed E-state index contributed by atoms with van der Waals surface area (Å²) in [5.41, 5.74) is 2.35. The van der Waals surface area contributed by atoms with Crippen molar-refractivity contribution in [1.82, 2.24) is 0 Å².